The monoisotopic (exact) mass is 304 g/mol. The number of benzene rings is 2. The molecule has 1 atom stereocenters. The van der Waals surface area contributed by atoms with Crippen molar-refractivity contribution in [2.24, 2.45) is 0 Å². The van der Waals surface area contributed by atoms with E-state index >= 15 is 0 Å². The number of phenols is 1. The van der Waals surface area contributed by atoms with Crippen molar-refractivity contribution in [2.45, 2.75) is 31.7 Å². The lowest BCUT2D eigenvalue weighted by Crippen LogP contribution is -2.17. The van der Waals surface area contributed by atoms with Crippen molar-refractivity contribution in [3.63, 3.8) is 0 Å². The van der Waals surface area contributed by atoms with Crippen LogP contribution in [0.15, 0.2) is 42.5 Å². The van der Waals surface area contributed by atoms with Gasteiger partial charge < -0.3 is 5.11 Å². The maximum absolute atomic E-state index is 10.3. The zero-order valence-corrected chi connectivity index (χ0v) is 14.0. The van der Waals surface area contributed by atoms with Crippen molar-refractivity contribution in [3.05, 3.63) is 59.2 Å². The second kappa shape index (κ2) is 6.20. The topological polar surface area (TPSA) is 20.2 Å². The first-order valence-electron chi connectivity index (χ1n) is 6.71. The molecule has 0 radical (unpaired) electrons. The Morgan fingerprint density at radius 2 is 1.80 bits per heavy atom. The van der Waals surface area contributed by atoms with Crippen molar-refractivity contribution in [2.75, 3.05) is 0 Å². The molecule has 0 amide bonds. The maximum atomic E-state index is 10.3. The fraction of sp³-hybridized carbons (Fsp3) is 0.294. The highest BCUT2D eigenvalue weighted by atomic mass is 32.1. The highest BCUT2D eigenvalue weighted by Gasteiger charge is 2.25. The fourth-order valence-corrected chi connectivity index (χ4v) is 4.29. The molecule has 106 valence electrons. The number of aryl methyl sites for hydroxylation is 1. The average molecular weight is 304 g/mol. The van der Waals surface area contributed by atoms with Crippen LogP contribution in [0, 0.1) is 6.92 Å². The molecule has 0 aliphatic carbocycles. The summed E-state index contributed by atoms with van der Waals surface area (Å²) in [6.07, 6.45) is 0. The quantitative estimate of drug-likeness (QED) is 0.635. The molecule has 0 fully saturated rings. The normalized spacial score (nSPS) is 12.2. The predicted molar refractivity (Wildman–Crippen MR) is 93.0 cm³/mol. The van der Waals surface area contributed by atoms with Crippen LogP contribution in [0.2, 0.25) is 0 Å². The van der Waals surface area contributed by atoms with E-state index in [1.165, 1.54) is 10.9 Å². The van der Waals surface area contributed by atoms with Crippen molar-refractivity contribution in [3.8, 4) is 5.75 Å². The number of hydrogen-bond acceptors (Lipinski definition) is 2. The van der Waals surface area contributed by atoms with Crippen LogP contribution in [0.3, 0.4) is 0 Å². The van der Waals surface area contributed by atoms with E-state index in [1.54, 1.807) is 0 Å². The third-order valence-corrected chi connectivity index (χ3v) is 5.54. The van der Waals surface area contributed by atoms with Crippen LogP contribution in [-0.4, -0.2) is 5.11 Å². The highest BCUT2D eigenvalue weighted by Crippen LogP contribution is 2.45. The van der Waals surface area contributed by atoms with Crippen LogP contribution in [0.1, 0.15) is 30.5 Å². The Balaban J connectivity index is 2.38. The summed E-state index contributed by atoms with van der Waals surface area (Å²) in [6, 6.07) is 14.4. The molecule has 0 aromatic heterocycles. The van der Waals surface area contributed by atoms with Crippen LogP contribution in [0.4, 0.5) is 0 Å². The summed E-state index contributed by atoms with van der Waals surface area (Å²) in [5.74, 6) is 1.17. The van der Waals surface area contributed by atoms with Gasteiger partial charge in [-0.1, -0.05) is 64.9 Å². The molecule has 0 saturated carbocycles. The van der Waals surface area contributed by atoms with Crippen LogP contribution in [0.25, 0.3) is 0 Å². The summed E-state index contributed by atoms with van der Waals surface area (Å²) in [5.41, 5.74) is 3.22. The first kappa shape index (κ1) is 15.4. The van der Waals surface area contributed by atoms with Gasteiger partial charge in [0.1, 0.15) is 5.75 Å². The standard InChI is InChI=1S/C17H21OPS/c1-12-7-6-9-14(16(12)18)17(2,3)19-15-10-5-4-8-13(15)11-20/h4-10,18-20H,11H2,1-3H3. The Hall–Kier alpha value is -0.980. The van der Waals surface area contributed by atoms with Gasteiger partial charge in [-0.25, -0.2) is 0 Å². The van der Waals surface area contributed by atoms with E-state index in [1.807, 2.05) is 25.1 Å². The van der Waals surface area contributed by atoms with Crippen LogP contribution >= 0.6 is 21.2 Å². The average Bonchev–Trinajstić information content (AvgIpc) is 2.42. The molecule has 1 nitrogen and oxygen atoms in total. The number of para-hydroxylation sites is 1. The molecule has 2 aromatic rings. The minimum absolute atomic E-state index is 0.0881. The fourth-order valence-electron chi connectivity index (χ4n) is 2.35. The number of rotatable bonds is 4. The lowest BCUT2D eigenvalue weighted by atomic mass is 9.99. The van der Waals surface area contributed by atoms with E-state index in [-0.39, 0.29) is 5.16 Å². The lowest BCUT2D eigenvalue weighted by Gasteiger charge is -2.28. The Morgan fingerprint density at radius 1 is 1.10 bits per heavy atom. The molecule has 0 spiro atoms. The molecule has 2 rings (SSSR count). The molecule has 2 aromatic carbocycles. The summed E-state index contributed by atoms with van der Waals surface area (Å²) < 4.78 is 0. The number of phenolic OH excluding ortho intramolecular Hbond substituents is 1. The Labute approximate surface area is 128 Å². The largest absolute Gasteiger partial charge is 0.507 e. The summed E-state index contributed by atoms with van der Waals surface area (Å²) >= 11 is 4.41. The van der Waals surface area contributed by atoms with Crippen molar-refractivity contribution < 1.29 is 5.11 Å². The SMILES string of the molecule is Cc1cccc(C(C)(C)Pc2ccccc2CS)c1O. The predicted octanol–water partition coefficient (Wildman–Crippen LogP) is 4.37. The van der Waals surface area contributed by atoms with Gasteiger partial charge in [0.25, 0.3) is 0 Å². The zero-order chi connectivity index (χ0) is 14.8. The molecule has 0 aliphatic heterocycles. The second-order valence-corrected chi connectivity index (χ2v) is 7.89. The molecule has 20 heavy (non-hydrogen) atoms. The highest BCUT2D eigenvalue weighted by molar-refractivity contribution is 7.79. The van der Waals surface area contributed by atoms with Crippen molar-refractivity contribution in [1.29, 1.82) is 0 Å². The number of hydrogen-bond donors (Lipinski definition) is 2. The van der Waals surface area contributed by atoms with Crippen LogP contribution < -0.4 is 5.30 Å². The molecule has 0 bridgehead atoms. The second-order valence-electron chi connectivity index (χ2n) is 5.54. The summed E-state index contributed by atoms with van der Waals surface area (Å²) in [7, 11) is 0.598. The van der Waals surface area contributed by atoms with Gasteiger partial charge in [0.15, 0.2) is 0 Å². The van der Waals surface area contributed by atoms with E-state index in [4.69, 9.17) is 0 Å². The minimum atomic E-state index is -0.0881. The van der Waals surface area contributed by atoms with E-state index in [2.05, 4.69) is 50.7 Å². The summed E-state index contributed by atoms with van der Waals surface area (Å²) in [6.45, 7) is 6.32. The van der Waals surface area contributed by atoms with Gasteiger partial charge in [0.2, 0.25) is 0 Å². The molecule has 3 heteroatoms. The van der Waals surface area contributed by atoms with Gasteiger partial charge >= 0.3 is 0 Å². The maximum Gasteiger partial charge on any atom is 0.122 e. The zero-order valence-electron chi connectivity index (χ0n) is 12.1. The molecular weight excluding hydrogens is 283 g/mol. The van der Waals surface area contributed by atoms with Gasteiger partial charge in [-0.3, -0.25) is 0 Å². The summed E-state index contributed by atoms with van der Waals surface area (Å²) in [5, 5.41) is 11.6. The molecule has 1 unspecified atom stereocenters. The smallest absolute Gasteiger partial charge is 0.122 e. The first-order valence-corrected chi connectivity index (χ1v) is 8.35. The Morgan fingerprint density at radius 3 is 2.50 bits per heavy atom. The van der Waals surface area contributed by atoms with Crippen molar-refractivity contribution >= 4 is 26.5 Å². The van der Waals surface area contributed by atoms with Gasteiger partial charge in [0.05, 0.1) is 0 Å². The molecule has 0 saturated heterocycles. The van der Waals surface area contributed by atoms with E-state index in [0.717, 1.165) is 16.9 Å². The first-order chi connectivity index (χ1) is 9.45. The lowest BCUT2D eigenvalue weighted by molar-refractivity contribution is 0.457. The van der Waals surface area contributed by atoms with Crippen LogP contribution in [0.5, 0.6) is 5.75 Å². The summed E-state index contributed by atoms with van der Waals surface area (Å²) in [4.78, 5) is 0. The van der Waals surface area contributed by atoms with Gasteiger partial charge in [-0.05, 0) is 23.4 Å². The molecule has 0 aliphatic rings. The van der Waals surface area contributed by atoms with Crippen molar-refractivity contribution in [1.82, 2.24) is 0 Å². The van der Waals surface area contributed by atoms with Gasteiger partial charge in [-0.2, -0.15) is 12.6 Å². The number of aromatic hydroxyl groups is 1. The van der Waals surface area contributed by atoms with E-state index < -0.39 is 0 Å². The number of thiol groups is 1. The molecule has 1 N–H and O–H groups in total. The molecular formula is C17H21OPS. The van der Waals surface area contributed by atoms with Crippen LogP contribution in [-0.2, 0) is 10.9 Å². The third-order valence-electron chi connectivity index (χ3n) is 3.55. The van der Waals surface area contributed by atoms with Gasteiger partial charge in [-0.15, -0.1) is 0 Å². The van der Waals surface area contributed by atoms with Gasteiger partial charge in [0, 0.05) is 16.5 Å². The minimum Gasteiger partial charge on any atom is -0.507 e. The molecule has 0 heterocycles. The Kier molecular flexibility index (Phi) is 4.78. The van der Waals surface area contributed by atoms with E-state index in [9.17, 15) is 5.11 Å². The third kappa shape index (κ3) is 3.19. The Bertz CT molecular complexity index is 608. The van der Waals surface area contributed by atoms with E-state index in [0.29, 0.717) is 14.3 Å².